The standard InChI is InChI=1S/C6H11S/c1-4-6(7)5(2)3/h4-6H,1H2,2-3H3. The molecule has 0 rings (SSSR count). The summed E-state index contributed by atoms with van der Waals surface area (Å²) in [4.78, 5) is 0. The van der Waals surface area contributed by atoms with E-state index >= 15 is 0 Å². The summed E-state index contributed by atoms with van der Waals surface area (Å²) in [5.41, 5.74) is 0. The normalized spacial score (nSPS) is 14.3. The highest BCUT2D eigenvalue weighted by Crippen LogP contribution is 2.07. The van der Waals surface area contributed by atoms with Crippen molar-refractivity contribution in [3.8, 4) is 0 Å². The van der Waals surface area contributed by atoms with Crippen LogP contribution < -0.4 is 0 Å². The van der Waals surface area contributed by atoms with Crippen molar-refractivity contribution in [3.63, 3.8) is 0 Å². The highest BCUT2D eigenvalue weighted by Gasteiger charge is 2.00. The van der Waals surface area contributed by atoms with Gasteiger partial charge in [0.15, 0.2) is 0 Å². The predicted molar refractivity (Wildman–Crippen MR) is 36.4 cm³/mol. The first kappa shape index (κ1) is 7.09. The van der Waals surface area contributed by atoms with Gasteiger partial charge in [-0.3, -0.25) is 0 Å². The fourth-order valence-electron chi connectivity index (χ4n) is 0.272. The molecule has 0 amide bonds. The van der Waals surface area contributed by atoms with E-state index in [9.17, 15) is 0 Å². The molecule has 1 heteroatoms. The van der Waals surface area contributed by atoms with Gasteiger partial charge in [-0.1, -0.05) is 32.6 Å². The zero-order valence-electron chi connectivity index (χ0n) is 4.85. The summed E-state index contributed by atoms with van der Waals surface area (Å²) < 4.78 is 0. The van der Waals surface area contributed by atoms with E-state index in [-0.39, 0.29) is 5.25 Å². The van der Waals surface area contributed by atoms with Gasteiger partial charge in [0.1, 0.15) is 0 Å². The second-order valence-corrected chi connectivity index (χ2v) is 2.49. The first-order valence-electron chi connectivity index (χ1n) is 2.47. The average Bonchev–Trinajstić information content (AvgIpc) is 1.65. The van der Waals surface area contributed by atoms with Crippen LogP contribution in [0.1, 0.15) is 13.8 Å². The van der Waals surface area contributed by atoms with Crippen molar-refractivity contribution in [1.29, 1.82) is 0 Å². The molecule has 7 heavy (non-hydrogen) atoms. The van der Waals surface area contributed by atoms with E-state index in [1.165, 1.54) is 0 Å². The van der Waals surface area contributed by atoms with Crippen molar-refractivity contribution >= 4 is 12.6 Å². The molecule has 0 aliphatic rings. The lowest BCUT2D eigenvalue weighted by molar-refractivity contribution is 0.682. The predicted octanol–water partition coefficient (Wildman–Crippen LogP) is 2.39. The van der Waals surface area contributed by atoms with Gasteiger partial charge in [0.05, 0.1) is 0 Å². The van der Waals surface area contributed by atoms with Crippen molar-refractivity contribution in [2.45, 2.75) is 19.1 Å². The van der Waals surface area contributed by atoms with Crippen LogP contribution in [0, 0.1) is 5.92 Å². The van der Waals surface area contributed by atoms with E-state index < -0.39 is 0 Å². The van der Waals surface area contributed by atoms with Crippen molar-refractivity contribution in [2.24, 2.45) is 5.92 Å². The Labute approximate surface area is 51.0 Å². The third-order valence-corrected chi connectivity index (χ3v) is 1.63. The van der Waals surface area contributed by atoms with Crippen LogP contribution >= 0.6 is 12.6 Å². The molecule has 0 N–H and O–H groups in total. The SMILES string of the molecule is C=CC([S])C(C)C. The maximum atomic E-state index is 4.94. The third kappa shape index (κ3) is 2.75. The zero-order valence-corrected chi connectivity index (χ0v) is 5.66. The lowest BCUT2D eigenvalue weighted by Crippen LogP contribution is -2.01. The lowest BCUT2D eigenvalue weighted by atomic mass is 10.1. The quantitative estimate of drug-likeness (QED) is 0.485. The van der Waals surface area contributed by atoms with E-state index in [0.717, 1.165) is 0 Å². The third-order valence-electron chi connectivity index (χ3n) is 0.889. The van der Waals surface area contributed by atoms with Crippen LogP contribution in [0.2, 0.25) is 0 Å². The number of hydrogen-bond acceptors (Lipinski definition) is 0. The van der Waals surface area contributed by atoms with Gasteiger partial charge in [-0.2, -0.15) is 0 Å². The average molecular weight is 115 g/mol. The second-order valence-electron chi connectivity index (χ2n) is 1.94. The fraction of sp³-hybridized carbons (Fsp3) is 0.667. The minimum absolute atomic E-state index is 0.250. The smallest absolute Gasteiger partial charge is 0.0351 e. The van der Waals surface area contributed by atoms with Crippen molar-refractivity contribution in [2.75, 3.05) is 0 Å². The zero-order chi connectivity index (χ0) is 5.86. The van der Waals surface area contributed by atoms with Gasteiger partial charge in [-0.05, 0) is 5.92 Å². The second kappa shape index (κ2) is 3.14. The fourth-order valence-corrected chi connectivity index (χ4v) is 0.272. The summed E-state index contributed by atoms with van der Waals surface area (Å²) >= 11 is 4.94. The molecule has 41 valence electrons. The van der Waals surface area contributed by atoms with Crippen LogP contribution in [-0.2, 0) is 0 Å². The Morgan fingerprint density at radius 1 is 1.57 bits per heavy atom. The molecule has 0 aliphatic heterocycles. The molecule has 0 aromatic heterocycles. The molecule has 0 saturated heterocycles. The van der Waals surface area contributed by atoms with E-state index in [2.05, 4.69) is 20.4 Å². The maximum Gasteiger partial charge on any atom is 0.0351 e. The first-order chi connectivity index (χ1) is 3.18. The Balaban J connectivity index is 3.33. The van der Waals surface area contributed by atoms with Gasteiger partial charge >= 0.3 is 0 Å². The summed E-state index contributed by atoms with van der Waals surface area (Å²) in [7, 11) is 0. The Bertz CT molecular complexity index is 57.2. The molecular formula is C6H11S. The first-order valence-corrected chi connectivity index (χ1v) is 2.94. The molecule has 0 bridgehead atoms. The van der Waals surface area contributed by atoms with Crippen molar-refractivity contribution < 1.29 is 0 Å². The molecule has 1 radical (unpaired) electrons. The molecule has 0 aromatic carbocycles. The van der Waals surface area contributed by atoms with Gasteiger partial charge in [0, 0.05) is 5.25 Å². The van der Waals surface area contributed by atoms with Gasteiger partial charge in [0.25, 0.3) is 0 Å². The highest BCUT2D eigenvalue weighted by molar-refractivity contribution is 7.81. The van der Waals surface area contributed by atoms with Crippen LogP contribution in [0.4, 0.5) is 0 Å². The van der Waals surface area contributed by atoms with Crippen molar-refractivity contribution in [3.05, 3.63) is 12.7 Å². The monoisotopic (exact) mass is 115 g/mol. The molecule has 1 unspecified atom stereocenters. The summed E-state index contributed by atoms with van der Waals surface area (Å²) in [6.07, 6.45) is 1.81. The lowest BCUT2D eigenvalue weighted by Gasteiger charge is -2.05. The van der Waals surface area contributed by atoms with Crippen LogP contribution in [0.25, 0.3) is 0 Å². The van der Waals surface area contributed by atoms with E-state index in [0.29, 0.717) is 5.92 Å². The number of rotatable bonds is 2. The Morgan fingerprint density at radius 2 is 2.00 bits per heavy atom. The molecule has 0 saturated carbocycles. The molecule has 0 aliphatic carbocycles. The maximum absolute atomic E-state index is 4.94. The van der Waals surface area contributed by atoms with Gasteiger partial charge in [-0.25, -0.2) is 0 Å². The van der Waals surface area contributed by atoms with E-state index in [1.807, 2.05) is 0 Å². The largest absolute Gasteiger partial charge is 0.102 e. The van der Waals surface area contributed by atoms with Gasteiger partial charge in [0.2, 0.25) is 0 Å². The Kier molecular flexibility index (Phi) is 3.18. The molecule has 1 atom stereocenters. The Morgan fingerprint density at radius 3 is 2.00 bits per heavy atom. The summed E-state index contributed by atoms with van der Waals surface area (Å²) in [6, 6.07) is 0. The summed E-state index contributed by atoms with van der Waals surface area (Å²) in [6.45, 7) is 7.77. The van der Waals surface area contributed by atoms with Gasteiger partial charge < -0.3 is 0 Å². The molecular weight excluding hydrogens is 104 g/mol. The molecule has 0 heterocycles. The van der Waals surface area contributed by atoms with Crippen LogP contribution in [0.15, 0.2) is 12.7 Å². The molecule has 0 fully saturated rings. The Hall–Kier alpha value is 0.0900. The molecule has 0 aromatic rings. The summed E-state index contributed by atoms with van der Waals surface area (Å²) in [5, 5.41) is 0.250. The minimum atomic E-state index is 0.250. The van der Waals surface area contributed by atoms with E-state index in [4.69, 9.17) is 12.6 Å². The van der Waals surface area contributed by atoms with Crippen molar-refractivity contribution in [1.82, 2.24) is 0 Å². The highest BCUT2D eigenvalue weighted by atomic mass is 32.1. The van der Waals surface area contributed by atoms with Gasteiger partial charge in [-0.15, -0.1) is 6.58 Å². The summed E-state index contributed by atoms with van der Waals surface area (Å²) in [5.74, 6) is 0.562. The molecule has 0 nitrogen and oxygen atoms in total. The topological polar surface area (TPSA) is 0 Å². The van der Waals surface area contributed by atoms with Crippen LogP contribution in [0.3, 0.4) is 0 Å². The van der Waals surface area contributed by atoms with Crippen LogP contribution in [0.5, 0.6) is 0 Å². The number of hydrogen-bond donors (Lipinski definition) is 0. The van der Waals surface area contributed by atoms with Crippen LogP contribution in [-0.4, -0.2) is 5.25 Å². The minimum Gasteiger partial charge on any atom is -0.102 e. The van der Waals surface area contributed by atoms with E-state index in [1.54, 1.807) is 6.08 Å². The molecule has 0 spiro atoms.